The predicted molar refractivity (Wildman–Crippen MR) is 45.4 cm³/mol. The fourth-order valence-electron chi connectivity index (χ4n) is 1.63. The van der Waals surface area contributed by atoms with Crippen LogP contribution in [0.25, 0.3) is 0 Å². The van der Waals surface area contributed by atoms with Gasteiger partial charge in [-0.2, -0.15) is 0 Å². The minimum Gasteiger partial charge on any atom is -0.311 e. The lowest BCUT2D eigenvalue weighted by atomic mass is 10.0. The summed E-state index contributed by atoms with van der Waals surface area (Å²) < 4.78 is 13.3. The molecule has 0 spiro atoms. The molecule has 0 bridgehead atoms. The lowest BCUT2D eigenvalue weighted by molar-refractivity contribution is 0.227. The second-order valence-electron chi connectivity index (χ2n) is 3.85. The van der Waals surface area contributed by atoms with Gasteiger partial charge in [0.1, 0.15) is 6.17 Å². The molecule has 0 amide bonds. The second-order valence-corrected chi connectivity index (χ2v) is 3.85. The minimum absolute atomic E-state index is 0.150. The number of hydrogen-bond donors (Lipinski definition) is 1. The average molecular weight is 159 g/mol. The summed E-state index contributed by atoms with van der Waals surface area (Å²) in [6.07, 6.45) is 2.24. The molecular weight excluding hydrogens is 141 g/mol. The SMILES string of the molecule is CC(C)CC(F)C1CCCN1. The zero-order chi connectivity index (χ0) is 8.27. The average Bonchev–Trinajstić information content (AvgIpc) is 2.35. The van der Waals surface area contributed by atoms with Crippen LogP contribution in [-0.4, -0.2) is 18.8 Å². The Bertz CT molecular complexity index is 108. The van der Waals surface area contributed by atoms with Gasteiger partial charge >= 0.3 is 0 Å². The molecule has 1 heterocycles. The monoisotopic (exact) mass is 159 g/mol. The van der Waals surface area contributed by atoms with Crippen LogP contribution >= 0.6 is 0 Å². The summed E-state index contributed by atoms with van der Waals surface area (Å²) in [5.74, 6) is 0.479. The van der Waals surface area contributed by atoms with Crippen molar-refractivity contribution < 1.29 is 4.39 Å². The Kier molecular flexibility index (Phi) is 3.31. The van der Waals surface area contributed by atoms with Crippen LogP contribution in [0.4, 0.5) is 4.39 Å². The smallest absolute Gasteiger partial charge is 0.116 e. The molecule has 1 fully saturated rings. The van der Waals surface area contributed by atoms with E-state index in [1.54, 1.807) is 0 Å². The highest BCUT2D eigenvalue weighted by molar-refractivity contribution is 4.81. The van der Waals surface area contributed by atoms with Crippen molar-refractivity contribution in [2.75, 3.05) is 6.54 Å². The van der Waals surface area contributed by atoms with E-state index < -0.39 is 6.17 Å². The summed E-state index contributed by atoms with van der Waals surface area (Å²) >= 11 is 0. The highest BCUT2D eigenvalue weighted by atomic mass is 19.1. The largest absolute Gasteiger partial charge is 0.311 e. The van der Waals surface area contributed by atoms with Crippen LogP contribution < -0.4 is 5.32 Å². The van der Waals surface area contributed by atoms with Gasteiger partial charge in [-0.1, -0.05) is 13.8 Å². The summed E-state index contributed by atoms with van der Waals surface area (Å²) in [5.41, 5.74) is 0. The van der Waals surface area contributed by atoms with E-state index >= 15 is 0 Å². The zero-order valence-electron chi connectivity index (χ0n) is 7.44. The maximum Gasteiger partial charge on any atom is 0.116 e. The van der Waals surface area contributed by atoms with Gasteiger partial charge in [0.25, 0.3) is 0 Å². The molecular formula is C9H18FN. The first kappa shape index (κ1) is 8.98. The molecule has 1 nitrogen and oxygen atoms in total. The third-order valence-electron chi connectivity index (χ3n) is 2.23. The highest BCUT2D eigenvalue weighted by Gasteiger charge is 2.24. The van der Waals surface area contributed by atoms with Gasteiger partial charge in [0, 0.05) is 6.04 Å². The van der Waals surface area contributed by atoms with E-state index in [0.29, 0.717) is 12.3 Å². The third kappa shape index (κ3) is 2.78. The van der Waals surface area contributed by atoms with Crippen LogP contribution in [0.15, 0.2) is 0 Å². The predicted octanol–water partition coefficient (Wildman–Crippen LogP) is 2.12. The Morgan fingerprint density at radius 2 is 2.27 bits per heavy atom. The van der Waals surface area contributed by atoms with Crippen LogP contribution in [0.1, 0.15) is 33.1 Å². The molecule has 0 saturated carbocycles. The number of nitrogens with one attached hydrogen (secondary N) is 1. The Morgan fingerprint density at radius 1 is 1.55 bits per heavy atom. The van der Waals surface area contributed by atoms with Crippen molar-refractivity contribution in [1.29, 1.82) is 0 Å². The van der Waals surface area contributed by atoms with E-state index in [9.17, 15) is 4.39 Å². The van der Waals surface area contributed by atoms with Crippen molar-refractivity contribution >= 4 is 0 Å². The summed E-state index contributed by atoms with van der Waals surface area (Å²) in [6.45, 7) is 5.15. The van der Waals surface area contributed by atoms with E-state index in [1.165, 1.54) is 0 Å². The summed E-state index contributed by atoms with van der Waals surface area (Å²) in [7, 11) is 0. The third-order valence-corrected chi connectivity index (χ3v) is 2.23. The Hall–Kier alpha value is -0.110. The molecule has 0 aromatic rings. The van der Waals surface area contributed by atoms with Crippen LogP contribution in [0.5, 0.6) is 0 Å². The first-order valence-electron chi connectivity index (χ1n) is 4.57. The minimum atomic E-state index is -0.627. The van der Waals surface area contributed by atoms with Crippen molar-refractivity contribution in [2.24, 2.45) is 5.92 Å². The zero-order valence-corrected chi connectivity index (χ0v) is 7.44. The molecule has 2 heteroatoms. The van der Waals surface area contributed by atoms with Crippen LogP contribution in [0.3, 0.4) is 0 Å². The Labute approximate surface area is 68.4 Å². The molecule has 66 valence electrons. The standard InChI is InChI=1S/C9H18FN/c1-7(2)6-8(10)9-4-3-5-11-9/h7-9,11H,3-6H2,1-2H3. The van der Waals surface area contributed by atoms with Crippen molar-refractivity contribution in [2.45, 2.75) is 45.3 Å². The summed E-state index contributed by atoms with van der Waals surface area (Å²) in [5, 5.41) is 3.19. The normalized spacial score (nSPS) is 27.8. The second kappa shape index (κ2) is 4.05. The molecule has 1 rings (SSSR count). The van der Waals surface area contributed by atoms with Gasteiger partial charge in [-0.05, 0) is 31.7 Å². The molecule has 2 atom stereocenters. The highest BCUT2D eigenvalue weighted by Crippen LogP contribution is 2.18. The molecule has 0 aromatic heterocycles. The molecule has 1 aliphatic rings. The molecule has 0 aliphatic carbocycles. The molecule has 1 N–H and O–H groups in total. The van der Waals surface area contributed by atoms with Crippen molar-refractivity contribution in [3.8, 4) is 0 Å². The number of alkyl halides is 1. The maximum absolute atomic E-state index is 13.3. The summed E-state index contributed by atoms with van der Waals surface area (Å²) in [4.78, 5) is 0. The summed E-state index contributed by atoms with van der Waals surface area (Å²) in [6, 6.07) is 0.150. The topological polar surface area (TPSA) is 12.0 Å². The quantitative estimate of drug-likeness (QED) is 0.665. The number of rotatable bonds is 3. The number of hydrogen-bond acceptors (Lipinski definition) is 1. The Balaban J connectivity index is 2.22. The van der Waals surface area contributed by atoms with Gasteiger partial charge in [0.15, 0.2) is 0 Å². The van der Waals surface area contributed by atoms with E-state index in [-0.39, 0.29) is 6.04 Å². The van der Waals surface area contributed by atoms with Crippen molar-refractivity contribution in [1.82, 2.24) is 5.32 Å². The fourth-order valence-corrected chi connectivity index (χ4v) is 1.63. The van der Waals surface area contributed by atoms with E-state index in [4.69, 9.17) is 0 Å². The van der Waals surface area contributed by atoms with Gasteiger partial charge in [-0.3, -0.25) is 0 Å². The number of halogens is 1. The first-order chi connectivity index (χ1) is 5.20. The van der Waals surface area contributed by atoms with Gasteiger partial charge in [0.05, 0.1) is 0 Å². The van der Waals surface area contributed by atoms with Crippen molar-refractivity contribution in [3.63, 3.8) is 0 Å². The van der Waals surface area contributed by atoms with Gasteiger partial charge in [-0.15, -0.1) is 0 Å². The van der Waals surface area contributed by atoms with E-state index in [0.717, 1.165) is 19.4 Å². The Morgan fingerprint density at radius 3 is 2.73 bits per heavy atom. The molecule has 0 radical (unpaired) electrons. The van der Waals surface area contributed by atoms with Crippen LogP contribution in [-0.2, 0) is 0 Å². The molecule has 11 heavy (non-hydrogen) atoms. The molecule has 2 unspecified atom stereocenters. The molecule has 0 aromatic carbocycles. The maximum atomic E-state index is 13.3. The van der Waals surface area contributed by atoms with Gasteiger partial charge in [-0.25, -0.2) is 4.39 Å². The first-order valence-corrected chi connectivity index (χ1v) is 4.57. The lowest BCUT2D eigenvalue weighted by Gasteiger charge is -2.17. The van der Waals surface area contributed by atoms with Gasteiger partial charge in [0.2, 0.25) is 0 Å². The van der Waals surface area contributed by atoms with Gasteiger partial charge < -0.3 is 5.32 Å². The lowest BCUT2D eigenvalue weighted by Crippen LogP contribution is -2.32. The molecule has 1 saturated heterocycles. The van der Waals surface area contributed by atoms with Crippen LogP contribution in [0.2, 0.25) is 0 Å². The fraction of sp³-hybridized carbons (Fsp3) is 1.00. The van der Waals surface area contributed by atoms with E-state index in [2.05, 4.69) is 19.2 Å². The molecule has 1 aliphatic heterocycles. The van der Waals surface area contributed by atoms with Crippen molar-refractivity contribution in [3.05, 3.63) is 0 Å². The van der Waals surface area contributed by atoms with E-state index in [1.807, 2.05) is 0 Å². The van der Waals surface area contributed by atoms with Crippen LogP contribution in [0, 0.1) is 5.92 Å².